The van der Waals surface area contributed by atoms with Gasteiger partial charge in [-0.05, 0) is 50.4 Å². The second kappa shape index (κ2) is 7.57. The molecule has 2 aliphatic heterocycles. The monoisotopic (exact) mass is 347 g/mol. The molecule has 0 radical (unpaired) electrons. The highest BCUT2D eigenvalue weighted by atomic mass is 32.2. The van der Waals surface area contributed by atoms with Crippen molar-refractivity contribution in [2.24, 2.45) is 5.92 Å². The molecule has 0 aromatic heterocycles. The first kappa shape index (κ1) is 17.3. The van der Waals surface area contributed by atoms with Gasteiger partial charge in [0.1, 0.15) is 0 Å². The van der Waals surface area contributed by atoms with E-state index in [4.69, 9.17) is 0 Å². The van der Waals surface area contributed by atoms with Crippen LogP contribution in [0.15, 0.2) is 23.1 Å². The Labute approximate surface area is 147 Å². The van der Waals surface area contributed by atoms with Crippen LogP contribution in [0.3, 0.4) is 0 Å². The van der Waals surface area contributed by atoms with Crippen molar-refractivity contribution in [3.8, 4) is 0 Å². The zero-order chi connectivity index (χ0) is 17.1. The maximum atomic E-state index is 12.5. The van der Waals surface area contributed by atoms with E-state index in [-0.39, 0.29) is 17.9 Å². The minimum absolute atomic E-state index is 0.0161. The molecular formula is C18H25N3O2S. The van der Waals surface area contributed by atoms with Gasteiger partial charge in [0.05, 0.1) is 11.4 Å². The summed E-state index contributed by atoms with van der Waals surface area (Å²) < 4.78 is 0. The molecule has 2 amide bonds. The molecule has 130 valence electrons. The SMILES string of the molecule is C[C@@H]1CCCN(C[C@@H](C)NC(=O)c2ccc3c(c2)NC(=O)CS3)C1. The zero-order valence-corrected chi connectivity index (χ0v) is 15.1. The van der Waals surface area contributed by atoms with Crippen molar-refractivity contribution in [2.75, 3.05) is 30.7 Å². The molecule has 0 saturated carbocycles. The molecule has 2 atom stereocenters. The lowest BCUT2D eigenvalue weighted by Crippen LogP contribution is -2.45. The Kier molecular flexibility index (Phi) is 5.46. The molecule has 1 fully saturated rings. The highest BCUT2D eigenvalue weighted by Gasteiger charge is 2.20. The average molecular weight is 347 g/mol. The van der Waals surface area contributed by atoms with E-state index in [2.05, 4.69) is 22.5 Å². The Bertz CT molecular complexity index is 635. The molecule has 2 heterocycles. The number of rotatable bonds is 4. The first-order chi connectivity index (χ1) is 11.5. The summed E-state index contributed by atoms with van der Waals surface area (Å²) in [4.78, 5) is 27.4. The fourth-order valence-electron chi connectivity index (χ4n) is 3.42. The number of amides is 2. The lowest BCUT2D eigenvalue weighted by Gasteiger charge is -2.32. The summed E-state index contributed by atoms with van der Waals surface area (Å²) in [6.45, 7) is 7.45. The summed E-state index contributed by atoms with van der Waals surface area (Å²) in [6.07, 6.45) is 2.54. The van der Waals surface area contributed by atoms with Crippen LogP contribution in [-0.4, -0.2) is 48.1 Å². The van der Waals surface area contributed by atoms with Crippen molar-refractivity contribution in [1.29, 1.82) is 0 Å². The van der Waals surface area contributed by atoms with Gasteiger partial charge >= 0.3 is 0 Å². The Hall–Kier alpha value is -1.53. The summed E-state index contributed by atoms with van der Waals surface area (Å²) in [6, 6.07) is 5.60. The van der Waals surface area contributed by atoms with E-state index in [1.165, 1.54) is 24.6 Å². The third kappa shape index (κ3) is 4.30. The van der Waals surface area contributed by atoms with E-state index in [0.29, 0.717) is 11.3 Å². The number of benzene rings is 1. The second-order valence-electron chi connectivity index (χ2n) is 6.93. The summed E-state index contributed by atoms with van der Waals surface area (Å²) in [5.74, 6) is 1.07. The number of fused-ring (bicyclic) bond motifs is 1. The largest absolute Gasteiger partial charge is 0.348 e. The standard InChI is InChI=1S/C18H25N3O2S/c1-12-4-3-7-21(9-12)10-13(2)19-18(23)14-5-6-16-15(8-14)20-17(22)11-24-16/h5-6,8,12-13H,3-4,7,9-11H2,1-2H3,(H,19,23)(H,20,22)/t12-,13-/m1/s1. The highest BCUT2D eigenvalue weighted by molar-refractivity contribution is 8.00. The van der Waals surface area contributed by atoms with Crippen LogP contribution in [-0.2, 0) is 4.79 Å². The van der Waals surface area contributed by atoms with Gasteiger partial charge in [0, 0.05) is 29.6 Å². The molecule has 0 aliphatic carbocycles. The fourth-order valence-corrected chi connectivity index (χ4v) is 4.21. The minimum Gasteiger partial charge on any atom is -0.348 e. The number of anilines is 1. The first-order valence-electron chi connectivity index (χ1n) is 8.61. The van der Waals surface area contributed by atoms with Gasteiger partial charge in [-0.15, -0.1) is 11.8 Å². The number of hydrogen-bond acceptors (Lipinski definition) is 4. The van der Waals surface area contributed by atoms with E-state index in [9.17, 15) is 9.59 Å². The van der Waals surface area contributed by atoms with Crippen LogP contribution >= 0.6 is 11.8 Å². The number of nitrogens with zero attached hydrogens (tertiary/aromatic N) is 1. The molecule has 0 unspecified atom stereocenters. The van der Waals surface area contributed by atoms with E-state index in [0.717, 1.165) is 36.1 Å². The van der Waals surface area contributed by atoms with Crippen molar-refractivity contribution in [2.45, 2.75) is 37.6 Å². The molecular weight excluding hydrogens is 322 g/mol. The summed E-state index contributed by atoms with van der Waals surface area (Å²) in [5, 5.41) is 5.91. The molecule has 5 nitrogen and oxygen atoms in total. The molecule has 0 spiro atoms. The van der Waals surface area contributed by atoms with Crippen LogP contribution in [0.25, 0.3) is 0 Å². The van der Waals surface area contributed by atoms with E-state index >= 15 is 0 Å². The van der Waals surface area contributed by atoms with Crippen LogP contribution in [0, 0.1) is 5.92 Å². The quantitative estimate of drug-likeness (QED) is 0.879. The molecule has 1 saturated heterocycles. The second-order valence-corrected chi connectivity index (χ2v) is 7.95. The first-order valence-corrected chi connectivity index (χ1v) is 9.60. The Balaban J connectivity index is 1.58. The van der Waals surface area contributed by atoms with Crippen LogP contribution in [0.5, 0.6) is 0 Å². The highest BCUT2D eigenvalue weighted by Crippen LogP contribution is 2.31. The van der Waals surface area contributed by atoms with Crippen LogP contribution < -0.4 is 10.6 Å². The fraction of sp³-hybridized carbons (Fsp3) is 0.556. The van der Waals surface area contributed by atoms with Crippen LogP contribution in [0.1, 0.15) is 37.0 Å². The number of hydrogen-bond donors (Lipinski definition) is 2. The van der Waals surface area contributed by atoms with Crippen molar-refractivity contribution in [3.05, 3.63) is 23.8 Å². The number of carbonyl (C=O) groups is 2. The average Bonchev–Trinajstić information content (AvgIpc) is 2.54. The smallest absolute Gasteiger partial charge is 0.251 e. The molecule has 1 aromatic carbocycles. The molecule has 2 N–H and O–H groups in total. The zero-order valence-electron chi connectivity index (χ0n) is 14.3. The van der Waals surface area contributed by atoms with E-state index < -0.39 is 0 Å². The van der Waals surface area contributed by atoms with Crippen molar-refractivity contribution in [1.82, 2.24) is 10.2 Å². The van der Waals surface area contributed by atoms with Gasteiger partial charge in [0.2, 0.25) is 5.91 Å². The van der Waals surface area contributed by atoms with E-state index in [1.807, 2.05) is 19.1 Å². The van der Waals surface area contributed by atoms with Crippen LogP contribution in [0.2, 0.25) is 0 Å². The molecule has 2 aliphatic rings. The van der Waals surface area contributed by atoms with E-state index in [1.54, 1.807) is 6.07 Å². The maximum absolute atomic E-state index is 12.5. The minimum atomic E-state index is -0.0832. The summed E-state index contributed by atoms with van der Waals surface area (Å²) >= 11 is 1.50. The van der Waals surface area contributed by atoms with Crippen molar-refractivity contribution in [3.63, 3.8) is 0 Å². The third-order valence-electron chi connectivity index (χ3n) is 4.53. The third-order valence-corrected chi connectivity index (χ3v) is 5.60. The number of piperidine rings is 1. The van der Waals surface area contributed by atoms with Crippen molar-refractivity contribution < 1.29 is 9.59 Å². The van der Waals surface area contributed by atoms with Gasteiger partial charge in [-0.3, -0.25) is 9.59 Å². The topological polar surface area (TPSA) is 61.4 Å². The molecule has 24 heavy (non-hydrogen) atoms. The van der Waals surface area contributed by atoms with Gasteiger partial charge in [-0.1, -0.05) is 6.92 Å². The molecule has 1 aromatic rings. The van der Waals surface area contributed by atoms with Gasteiger partial charge in [0.25, 0.3) is 5.91 Å². The normalized spacial score (nSPS) is 22.4. The van der Waals surface area contributed by atoms with Crippen molar-refractivity contribution >= 4 is 29.3 Å². The van der Waals surface area contributed by atoms with Gasteiger partial charge < -0.3 is 15.5 Å². The number of thioether (sulfide) groups is 1. The summed E-state index contributed by atoms with van der Waals surface area (Å²) in [5.41, 5.74) is 1.33. The predicted octanol–water partition coefficient (Wildman–Crippen LogP) is 2.58. The van der Waals surface area contributed by atoms with Gasteiger partial charge in [-0.2, -0.15) is 0 Å². The van der Waals surface area contributed by atoms with Gasteiger partial charge in [-0.25, -0.2) is 0 Å². The van der Waals surface area contributed by atoms with Gasteiger partial charge in [0.15, 0.2) is 0 Å². The Morgan fingerprint density at radius 2 is 2.33 bits per heavy atom. The predicted molar refractivity (Wildman–Crippen MR) is 97.6 cm³/mol. The lowest BCUT2D eigenvalue weighted by molar-refractivity contribution is -0.113. The summed E-state index contributed by atoms with van der Waals surface area (Å²) in [7, 11) is 0. The lowest BCUT2D eigenvalue weighted by atomic mass is 10.00. The molecule has 0 bridgehead atoms. The molecule has 6 heteroatoms. The number of likely N-dealkylation sites (tertiary alicyclic amines) is 1. The van der Waals surface area contributed by atoms with Crippen LogP contribution in [0.4, 0.5) is 5.69 Å². The Morgan fingerprint density at radius 3 is 3.12 bits per heavy atom. The maximum Gasteiger partial charge on any atom is 0.251 e. The molecule has 3 rings (SSSR count). The number of carbonyl (C=O) groups excluding carboxylic acids is 2. The number of nitrogens with one attached hydrogen (secondary N) is 2. The Morgan fingerprint density at radius 1 is 1.50 bits per heavy atom.